The molecule has 23 heavy (non-hydrogen) atoms. The Labute approximate surface area is 139 Å². The van der Waals surface area contributed by atoms with E-state index in [9.17, 15) is 4.79 Å². The number of hydrogen-bond donors (Lipinski definition) is 0. The van der Waals surface area contributed by atoms with Crippen molar-refractivity contribution < 1.29 is 4.79 Å². The standard InChI is InChI=1S/C19H27N3O/c1-20(2)19(23)22-10-5-7-15-13-21-11-9-14-6-3-4-8-16(14)18(21)12-17(15)22/h3-4,6,8,15,17-18H,5,7,9-13H2,1-2H3/t15-,17+,18+/m1/s1. The fourth-order valence-corrected chi connectivity index (χ4v) is 4.89. The number of nitrogens with zero attached hydrogens (tertiary/aromatic N) is 3. The van der Waals surface area contributed by atoms with Gasteiger partial charge in [-0.3, -0.25) is 4.90 Å². The van der Waals surface area contributed by atoms with E-state index in [0.29, 0.717) is 18.0 Å². The van der Waals surface area contributed by atoms with Crippen molar-refractivity contribution in [2.75, 3.05) is 33.7 Å². The number of urea groups is 1. The van der Waals surface area contributed by atoms with Gasteiger partial charge in [0.15, 0.2) is 0 Å². The Kier molecular flexibility index (Phi) is 3.80. The summed E-state index contributed by atoms with van der Waals surface area (Å²) in [5.41, 5.74) is 3.01. The molecule has 0 aliphatic carbocycles. The maximum absolute atomic E-state index is 12.6. The van der Waals surface area contributed by atoms with Crippen LogP contribution in [0.15, 0.2) is 24.3 Å². The first-order valence-electron chi connectivity index (χ1n) is 8.95. The van der Waals surface area contributed by atoms with Crippen molar-refractivity contribution in [2.24, 2.45) is 5.92 Å². The molecule has 3 heterocycles. The van der Waals surface area contributed by atoms with E-state index in [4.69, 9.17) is 0 Å². The number of carbonyl (C=O) groups excluding carboxylic acids is 1. The predicted octanol–water partition coefficient (Wildman–Crippen LogP) is 2.75. The van der Waals surface area contributed by atoms with Crippen molar-refractivity contribution in [2.45, 2.75) is 37.8 Å². The first kappa shape index (κ1) is 15.0. The second kappa shape index (κ2) is 5.82. The van der Waals surface area contributed by atoms with Gasteiger partial charge in [0.2, 0.25) is 0 Å². The van der Waals surface area contributed by atoms with Crippen molar-refractivity contribution in [1.82, 2.24) is 14.7 Å². The number of fused-ring (bicyclic) bond motifs is 4. The maximum Gasteiger partial charge on any atom is 0.319 e. The minimum atomic E-state index is 0.192. The summed E-state index contributed by atoms with van der Waals surface area (Å²) in [4.78, 5) is 19.2. The van der Waals surface area contributed by atoms with Gasteiger partial charge in [-0.2, -0.15) is 0 Å². The number of carbonyl (C=O) groups is 1. The largest absolute Gasteiger partial charge is 0.331 e. The molecule has 3 atom stereocenters. The van der Waals surface area contributed by atoms with Gasteiger partial charge >= 0.3 is 6.03 Å². The fourth-order valence-electron chi connectivity index (χ4n) is 4.89. The minimum Gasteiger partial charge on any atom is -0.331 e. The molecular formula is C19H27N3O. The van der Waals surface area contributed by atoms with E-state index >= 15 is 0 Å². The summed E-state index contributed by atoms with van der Waals surface area (Å²) >= 11 is 0. The summed E-state index contributed by atoms with van der Waals surface area (Å²) in [7, 11) is 3.74. The molecular weight excluding hydrogens is 286 g/mol. The van der Waals surface area contributed by atoms with Crippen LogP contribution in [0, 0.1) is 5.92 Å². The van der Waals surface area contributed by atoms with E-state index in [-0.39, 0.29) is 6.03 Å². The Bertz CT molecular complexity index is 600. The van der Waals surface area contributed by atoms with Gasteiger partial charge in [-0.05, 0) is 42.7 Å². The highest BCUT2D eigenvalue weighted by atomic mass is 16.2. The molecule has 3 aliphatic heterocycles. The second-order valence-corrected chi connectivity index (χ2v) is 7.54. The molecule has 4 rings (SSSR count). The van der Waals surface area contributed by atoms with Crippen molar-refractivity contribution >= 4 is 6.03 Å². The fraction of sp³-hybridized carbons (Fsp3) is 0.632. The normalized spacial score (nSPS) is 30.2. The Hall–Kier alpha value is -1.55. The quantitative estimate of drug-likeness (QED) is 0.736. The molecule has 0 N–H and O–H groups in total. The van der Waals surface area contributed by atoms with Gasteiger partial charge < -0.3 is 9.80 Å². The van der Waals surface area contributed by atoms with Crippen LogP contribution >= 0.6 is 0 Å². The van der Waals surface area contributed by atoms with Crippen LogP contribution in [0.4, 0.5) is 4.79 Å². The number of benzene rings is 1. The lowest BCUT2D eigenvalue weighted by Gasteiger charge is -2.52. The third-order valence-corrected chi connectivity index (χ3v) is 6.00. The molecule has 1 aromatic rings. The van der Waals surface area contributed by atoms with E-state index < -0.39 is 0 Å². The molecule has 124 valence electrons. The van der Waals surface area contributed by atoms with Crippen LogP contribution in [0.5, 0.6) is 0 Å². The first-order valence-corrected chi connectivity index (χ1v) is 8.95. The van der Waals surface area contributed by atoms with Gasteiger partial charge in [-0.15, -0.1) is 0 Å². The summed E-state index contributed by atoms with van der Waals surface area (Å²) in [6.07, 6.45) is 4.69. The molecule has 0 spiro atoms. The van der Waals surface area contributed by atoms with Gasteiger partial charge in [0.1, 0.15) is 0 Å². The zero-order valence-electron chi connectivity index (χ0n) is 14.2. The molecule has 4 nitrogen and oxygen atoms in total. The zero-order valence-corrected chi connectivity index (χ0v) is 14.2. The SMILES string of the molecule is CN(C)C(=O)N1CCC[C@@H]2CN3CCc4ccccc4[C@@H]3C[C@@H]21. The number of amides is 2. The Morgan fingerprint density at radius 2 is 2.04 bits per heavy atom. The van der Waals surface area contributed by atoms with E-state index in [1.165, 1.54) is 30.5 Å². The molecule has 2 amide bonds. The van der Waals surface area contributed by atoms with Crippen LogP contribution in [0.3, 0.4) is 0 Å². The Balaban J connectivity index is 1.62. The summed E-state index contributed by atoms with van der Waals surface area (Å²) in [6, 6.07) is 10.00. The summed E-state index contributed by atoms with van der Waals surface area (Å²) in [6.45, 7) is 3.25. The van der Waals surface area contributed by atoms with Crippen molar-refractivity contribution in [1.29, 1.82) is 0 Å². The molecule has 2 saturated heterocycles. The second-order valence-electron chi connectivity index (χ2n) is 7.54. The van der Waals surface area contributed by atoms with Crippen molar-refractivity contribution in [3.8, 4) is 0 Å². The third kappa shape index (κ3) is 2.53. The molecule has 1 aromatic carbocycles. The molecule has 2 fully saturated rings. The molecule has 0 bridgehead atoms. The molecule has 0 unspecified atom stereocenters. The predicted molar refractivity (Wildman–Crippen MR) is 91.4 cm³/mol. The van der Waals surface area contributed by atoms with Gasteiger partial charge in [0.05, 0.1) is 0 Å². The Morgan fingerprint density at radius 3 is 2.87 bits per heavy atom. The summed E-state index contributed by atoms with van der Waals surface area (Å²) in [5.74, 6) is 0.647. The summed E-state index contributed by atoms with van der Waals surface area (Å²) in [5, 5.41) is 0. The lowest BCUT2D eigenvalue weighted by Crippen LogP contribution is -2.59. The minimum absolute atomic E-state index is 0.192. The lowest BCUT2D eigenvalue weighted by atomic mass is 9.77. The highest BCUT2D eigenvalue weighted by Crippen LogP contribution is 2.42. The van der Waals surface area contributed by atoms with Gasteiger partial charge in [-0.1, -0.05) is 24.3 Å². The van der Waals surface area contributed by atoms with E-state index in [1.54, 1.807) is 4.90 Å². The van der Waals surface area contributed by atoms with Gasteiger partial charge in [0.25, 0.3) is 0 Å². The zero-order chi connectivity index (χ0) is 16.0. The van der Waals surface area contributed by atoms with Gasteiger partial charge in [0, 0.05) is 45.8 Å². The van der Waals surface area contributed by atoms with Crippen molar-refractivity contribution in [3.05, 3.63) is 35.4 Å². The van der Waals surface area contributed by atoms with Crippen LogP contribution in [0.25, 0.3) is 0 Å². The van der Waals surface area contributed by atoms with Gasteiger partial charge in [-0.25, -0.2) is 4.79 Å². The average Bonchev–Trinajstić information content (AvgIpc) is 2.58. The monoisotopic (exact) mass is 313 g/mol. The number of piperidine rings is 2. The van der Waals surface area contributed by atoms with Crippen LogP contribution < -0.4 is 0 Å². The lowest BCUT2D eigenvalue weighted by molar-refractivity contribution is 0.00110. The highest BCUT2D eigenvalue weighted by Gasteiger charge is 2.44. The van der Waals surface area contributed by atoms with Crippen LogP contribution in [0.2, 0.25) is 0 Å². The van der Waals surface area contributed by atoms with Crippen LogP contribution in [-0.4, -0.2) is 60.5 Å². The third-order valence-electron chi connectivity index (χ3n) is 6.00. The number of likely N-dealkylation sites (tertiary alicyclic amines) is 1. The first-order chi connectivity index (χ1) is 11.1. The highest BCUT2D eigenvalue weighted by molar-refractivity contribution is 5.74. The van der Waals surface area contributed by atoms with Crippen LogP contribution in [-0.2, 0) is 6.42 Å². The maximum atomic E-state index is 12.6. The molecule has 0 aromatic heterocycles. The smallest absolute Gasteiger partial charge is 0.319 e. The van der Waals surface area contributed by atoms with Crippen molar-refractivity contribution in [3.63, 3.8) is 0 Å². The number of rotatable bonds is 0. The van der Waals surface area contributed by atoms with E-state index in [2.05, 4.69) is 34.1 Å². The summed E-state index contributed by atoms with van der Waals surface area (Å²) < 4.78 is 0. The van der Waals surface area contributed by atoms with E-state index in [1.807, 2.05) is 14.1 Å². The molecule has 3 aliphatic rings. The van der Waals surface area contributed by atoms with E-state index in [0.717, 1.165) is 25.9 Å². The number of hydrogen-bond acceptors (Lipinski definition) is 2. The average molecular weight is 313 g/mol. The molecule has 4 heteroatoms. The molecule has 0 saturated carbocycles. The van der Waals surface area contributed by atoms with Crippen LogP contribution in [0.1, 0.15) is 36.4 Å². The molecule has 0 radical (unpaired) electrons. The Morgan fingerprint density at radius 1 is 1.22 bits per heavy atom. The topological polar surface area (TPSA) is 26.8 Å².